The average molecular weight is 1870 g/mol. The Morgan fingerprint density at radius 2 is 0.859 bits per heavy atom. The van der Waals surface area contributed by atoms with Crippen molar-refractivity contribution in [3.05, 3.63) is 295 Å². The second-order valence-corrected chi connectivity index (χ2v) is 29.7. The van der Waals surface area contributed by atoms with Crippen LogP contribution in [0.1, 0.15) is 37.2 Å². The van der Waals surface area contributed by atoms with Crippen LogP contribution in [0.25, 0.3) is 0 Å². The number of aliphatic hydroxyl groups excluding tert-OH is 2. The Bertz CT molecular complexity index is 6060. The molecule has 0 aliphatic carbocycles. The quantitative estimate of drug-likeness (QED) is 0.00732. The number of halogens is 5. The van der Waals surface area contributed by atoms with E-state index in [9.17, 15) is 42.5 Å². The van der Waals surface area contributed by atoms with E-state index in [1.165, 1.54) is 12.3 Å². The van der Waals surface area contributed by atoms with E-state index >= 15 is 0 Å². The fourth-order valence-electron chi connectivity index (χ4n) is 11.5. The highest BCUT2D eigenvalue weighted by atomic mass is 35.5. The van der Waals surface area contributed by atoms with Crippen LogP contribution in [0.3, 0.4) is 0 Å². The third-order valence-electron chi connectivity index (χ3n) is 18.2. The summed E-state index contributed by atoms with van der Waals surface area (Å²) in [7, 11) is 4.83. The molecule has 0 spiro atoms. The van der Waals surface area contributed by atoms with Crippen molar-refractivity contribution in [3.63, 3.8) is 0 Å². The predicted molar refractivity (Wildman–Crippen MR) is 506 cm³/mol. The standard InChI is InChI=1S/C27H31FN6O4.C23H23FN6O3.C23H22FN5O3.C22H21ClFN5O3/c1-36-16-17-38-23-9-7-20(8-10-23)32-27-29-19-24(28)26(33-27)31-22-5-2-4-21(18-22)30-25(35)6-3-11-34-12-14-37-15-13-34;1-14(10-25)20(31)15-5-4-6-16(9-15)28-21-18(24)12-27-22(30-21)29-17-7-8-19(26-11-17)33-13-23(2,3)32;1-15(13-25)21(30)16-4-3-5-18(12-16)27-22-20(24)14-26-23(29-22)28-17-6-8-19(9-7-17)32-11-10-31-2;1-3-20(30)26-15-6-9-17(23)19(12-15)28-21-18(24)13-25-22(29-21)27-14-4-7-16(8-5-14)32-11-10-31-2/h2-10,18-19H,11-17H2,1H3,(H,30,35)(H2,29,31,32,33);4-9,11-12,20,31-32H,1,13H2,2-3H3,(H2,27,28,29,30);3-9,12,14,21,30H,1,10-11H2,2H3,(H2,26,27,28,29);3-9,12-13H,1,10-11H2,2H3,(H,26,30)(H2,25,27,28,29)/b6-3+;;;. The molecule has 7 aromatic carbocycles. The molecule has 1 aliphatic rings. The number of carbonyl (C=O) groups excluding carboxylic acids is 2. The van der Waals surface area contributed by atoms with Crippen LogP contribution in [-0.2, 0) is 28.5 Å². The summed E-state index contributed by atoms with van der Waals surface area (Å²) in [6, 6.07) is 53.2. The molecule has 35 nitrogen and oxygen atoms in total. The second kappa shape index (κ2) is 52.3. The third-order valence-corrected chi connectivity index (χ3v) is 18.6. The van der Waals surface area contributed by atoms with Crippen molar-refractivity contribution in [1.82, 2.24) is 49.8 Å². The van der Waals surface area contributed by atoms with E-state index in [1.54, 1.807) is 199 Å². The summed E-state index contributed by atoms with van der Waals surface area (Å²) in [5.41, 5.74) is 5.42. The molecule has 1 aliphatic heterocycles. The van der Waals surface area contributed by atoms with Gasteiger partial charge in [-0.1, -0.05) is 67.7 Å². The number of methoxy groups -OCH3 is 3. The molecule has 6 heterocycles. The fourth-order valence-corrected chi connectivity index (χ4v) is 11.6. The highest BCUT2D eigenvalue weighted by Crippen LogP contribution is 2.34. The monoisotopic (exact) mass is 1860 g/mol. The molecule has 12 aromatic rings. The Labute approximate surface area is 780 Å². The lowest BCUT2D eigenvalue weighted by Gasteiger charge is -2.25. The van der Waals surface area contributed by atoms with Crippen LogP contribution in [0.15, 0.2) is 256 Å². The number of rotatable bonds is 41. The summed E-state index contributed by atoms with van der Waals surface area (Å²) < 4.78 is 99.5. The Hall–Kier alpha value is -15.8. The average Bonchev–Trinajstić information content (AvgIpc) is 0.853. The minimum absolute atomic E-state index is 0.00282. The lowest BCUT2D eigenvalue weighted by molar-refractivity contribution is -0.112. The van der Waals surface area contributed by atoms with E-state index < -0.39 is 41.1 Å². The van der Waals surface area contributed by atoms with Crippen LogP contribution in [0.5, 0.6) is 23.1 Å². The van der Waals surface area contributed by atoms with Crippen LogP contribution in [-0.4, -0.2) is 183 Å². The first-order valence-corrected chi connectivity index (χ1v) is 41.7. The van der Waals surface area contributed by atoms with E-state index in [1.807, 2.05) is 30.3 Å². The summed E-state index contributed by atoms with van der Waals surface area (Å²) in [5.74, 6) is -0.334. The Morgan fingerprint density at radius 1 is 0.481 bits per heavy atom. The summed E-state index contributed by atoms with van der Waals surface area (Å²) in [4.78, 5) is 62.8. The number of carbonyl (C=O) groups is 2. The molecular weight excluding hydrogens is 1770 g/mol. The molecule has 1 saturated heterocycles. The van der Waals surface area contributed by atoms with Crippen molar-refractivity contribution >= 4 is 127 Å². The molecule has 2 unspecified atom stereocenters. The van der Waals surface area contributed by atoms with Gasteiger partial charge in [0.05, 0.1) is 109 Å². The predicted octanol–water partition coefficient (Wildman–Crippen LogP) is 16.9. The van der Waals surface area contributed by atoms with Gasteiger partial charge in [0.15, 0.2) is 46.5 Å². The minimum atomic E-state index is -1.16. The van der Waals surface area contributed by atoms with E-state index in [0.29, 0.717) is 156 Å². The van der Waals surface area contributed by atoms with Gasteiger partial charge in [-0.2, -0.15) is 30.5 Å². The highest BCUT2D eigenvalue weighted by Gasteiger charge is 2.20. The molecular formula is C95H97ClF4N22O13. The molecule has 2 amide bonds. The highest BCUT2D eigenvalue weighted by molar-refractivity contribution is 6.33. The molecule has 0 radical (unpaired) electrons. The van der Waals surface area contributed by atoms with Crippen molar-refractivity contribution < 1.29 is 80.4 Å². The number of nitrogens with one attached hydrogen (secondary N) is 10. The number of amides is 2. The molecule has 135 heavy (non-hydrogen) atoms. The number of nitriles is 2. The normalized spacial score (nSPS) is 11.9. The Kier molecular flexibility index (Phi) is 39.2. The number of aromatic nitrogens is 9. The zero-order valence-corrected chi connectivity index (χ0v) is 74.6. The topological polar surface area (TPSA) is 456 Å². The van der Waals surface area contributed by atoms with Gasteiger partial charge in [0.2, 0.25) is 41.5 Å². The molecule has 2 atom stereocenters. The number of nitrogens with zero attached hydrogens (tertiary/aromatic N) is 12. The zero-order chi connectivity index (χ0) is 96.4. The Morgan fingerprint density at radius 3 is 1.26 bits per heavy atom. The van der Waals surface area contributed by atoms with Crippen molar-refractivity contribution in [2.45, 2.75) is 31.7 Å². The number of anilines is 18. The SMILES string of the molecule is C=C(C#N)C(O)c1cccc(Nc2nc(Nc3ccc(OCC(C)(C)O)nc3)ncc2F)c1.C=C(C#N)C(O)c1cccc(Nc2nc(Nc3ccc(OCCOC)cc3)ncc2F)c1.C=CC(=O)Nc1ccc(Cl)c(Nc2nc(Nc3ccc(OCCOC)cc3)ncc2F)c1.COCCOc1ccc(Nc2ncc(F)c(Nc3cccc(NC(=O)/C=C/CN4CCOCC4)c3)n2)cc1. The second-order valence-electron chi connectivity index (χ2n) is 29.2. The van der Waals surface area contributed by atoms with Crippen LogP contribution < -0.4 is 72.1 Å². The first-order chi connectivity index (χ1) is 65.2. The van der Waals surface area contributed by atoms with Gasteiger partial charge < -0.3 is 106 Å². The Balaban J connectivity index is 0.000000187. The number of hydrogen-bond donors (Lipinski definition) is 13. The van der Waals surface area contributed by atoms with Crippen molar-refractivity contribution in [3.8, 4) is 35.3 Å². The maximum Gasteiger partial charge on any atom is 0.248 e. The number of aliphatic hydroxyl groups is 3. The van der Waals surface area contributed by atoms with Crippen molar-refractivity contribution in [1.29, 1.82) is 10.5 Å². The number of pyridine rings is 1. The lowest BCUT2D eigenvalue weighted by atomic mass is 10.0. The zero-order valence-electron chi connectivity index (χ0n) is 73.8. The third kappa shape index (κ3) is 34.1. The van der Waals surface area contributed by atoms with E-state index in [2.05, 4.69) is 123 Å². The molecule has 40 heteroatoms. The van der Waals surface area contributed by atoms with Gasteiger partial charge in [0.1, 0.15) is 55.9 Å². The first kappa shape index (κ1) is 101. The number of hydrogen-bond acceptors (Lipinski definition) is 33. The molecule has 700 valence electrons. The van der Waals surface area contributed by atoms with Gasteiger partial charge in [-0.3, -0.25) is 14.5 Å². The van der Waals surface area contributed by atoms with Crippen LogP contribution in [0.4, 0.5) is 122 Å². The van der Waals surface area contributed by atoms with Crippen LogP contribution in [0, 0.1) is 45.9 Å². The summed E-state index contributed by atoms with van der Waals surface area (Å²) in [6.45, 7) is 20.4. The van der Waals surface area contributed by atoms with Gasteiger partial charge in [-0.25, -0.2) is 42.5 Å². The van der Waals surface area contributed by atoms with Gasteiger partial charge in [0.25, 0.3) is 0 Å². The summed E-state index contributed by atoms with van der Waals surface area (Å²) in [6.07, 6.45) is 7.86. The molecule has 1 fully saturated rings. The molecule has 13 N–H and O–H groups in total. The smallest absolute Gasteiger partial charge is 0.248 e. The van der Waals surface area contributed by atoms with Gasteiger partial charge in [-0.05, 0) is 171 Å². The maximum absolute atomic E-state index is 14.5. The van der Waals surface area contributed by atoms with Gasteiger partial charge in [0, 0.05) is 98.6 Å². The minimum Gasteiger partial charge on any atom is -0.491 e. The first-order valence-electron chi connectivity index (χ1n) is 41.3. The van der Waals surface area contributed by atoms with E-state index in [-0.39, 0.29) is 76.6 Å². The number of ether oxygens (including phenoxy) is 8. The molecule has 5 aromatic heterocycles. The molecule has 0 bridgehead atoms. The van der Waals surface area contributed by atoms with Gasteiger partial charge >= 0.3 is 0 Å². The largest absolute Gasteiger partial charge is 0.491 e. The maximum atomic E-state index is 14.5. The van der Waals surface area contributed by atoms with E-state index in [0.717, 1.165) is 44.0 Å². The van der Waals surface area contributed by atoms with Crippen molar-refractivity contribution in [2.75, 3.05) is 154 Å². The summed E-state index contributed by atoms with van der Waals surface area (Å²) in [5, 5.41) is 77.1. The van der Waals surface area contributed by atoms with Crippen LogP contribution in [0.2, 0.25) is 5.02 Å². The number of morpholine rings is 1. The molecule has 13 rings (SSSR count). The number of benzene rings is 7. The van der Waals surface area contributed by atoms with Crippen molar-refractivity contribution in [2.24, 2.45) is 0 Å². The van der Waals surface area contributed by atoms with Gasteiger partial charge in [-0.15, -0.1) is 0 Å². The van der Waals surface area contributed by atoms with E-state index in [4.69, 9.17) is 60.0 Å². The van der Waals surface area contributed by atoms with Crippen LogP contribution >= 0.6 is 11.6 Å². The summed E-state index contributed by atoms with van der Waals surface area (Å²) >= 11 is 6.20. The lowest BCUT2D eigenvalue weighted by Crippen LogP contribution is -2.36. The molecule has 0 saturated carbocycles. The fraction of sp³-hybridized carbons (Fsp3) is 0.211.